The molecule has 1 aliphatic heterocycles. The zero-order chi connectivity index (χ0) is 17.1. The smallest absolute Gasteiger partial charge is 0.407 e. The second kappa shape index (κ2) is 6.95. The van der Waals surface area contributed by atoms with Gasteiger partial charge in [-0.1, -0.05) is 0 Å². The number of carbonyl (C=O) groups is 4. The molecule has 0 unspecified atom stereocenters. The summed E-state index contributed by atoms with van der Waals surface area (Å²) in [7, 11) is 0. The van der Waals surface area contributed by atoms with Crippen molar-refractivity contribution in [2.24, 2.45) is 0 Å². The summed E-state index contributed by atoms with van der Waals surface area (Å²) >= 11 is 5.29. The number of alkyl carbamates (subject to hydrolysis) is 1. The molecule has 0 aromatic rings. The topological polar surface area (TPSA) is 96.0 Å². The first-order valence-corrected chi connectivity index (χ1v) is 7.19. The van der Waals surface area contributed by atoms with Crippen molar-refractivity contribution in [2.75, 3.05) is 19.6 Å². The third-order valence-corrected chi connectivity index (χ3v) is 3.04. The number of nitrogens with one attached hydrogen (secondary N) is 1. The molecule has 0 aromatic carbocycles. The van der Waals surface area contributed by atoms with Crippen LogP contribution in [0.25, 0.3) is 0 Å². The predicted octanol–water partition coefficient (Wildman–Crippen LogP) is 0.929. The Morgan fingerprint density at radius 3 is 2.41 bits per heavy atom. The Labute approximate surface area is 133 Å². The van der Waals surface area contributed by atoms with Crippen LogP contribution in [0.15, 0.2) is 0 Å². The van der Waals surface area contributed by atoms with Crippen molar-refractivity contribution in [3.05, 3.63) is 0 Å². The Morgan fingerprint density at radius 1 is 1.32 bits per heavy atom. The molecule has 0 radical (unpaired) electrons. The maximum absolute atomic E-state index is 11.9. The zero-order valence-electron chi connectivity index (χ0n) is 13.0. The number of nitrogens with zero attached hydrogens (tertiary/aromatic N) is 2. The van der Waals surface area contributed by atoms with E-state index in [9.17, 15) is 19.2 Å². The number of rotatable bonds is 3. The van der Waals surface area contributed by atoms with Crippen molar-refractivity contribution in [3.63, 3.8) is 0 Å². The van der Waals surface area contributed by atoms with Gasteiger partial charge in [0.25, 0.3) is 0 Å². The predicted molar refractivity (Wildman–Crippen MR) is 78.4 cm³/mol. The molecule has 1 atom stereocenters. The van der Waals surface area contributed by atoms with Crippen molar-refractivity contribution >= 4 is 34.9 Å². The van der Waals surface area contributed by atoms with Gasteiger partial charge in [0.2, 0.25) is 0 Å². The van der Waals surface area contributed by atoms with Crippen molar-refractivity contribution in [2.45, 2.75) is 39.3 Å². The minimum Gasteiger partial charge on any atom is -0.444 e. The molecule has 1 fully saturated rings. The number of imide groups is 1. The lowest BCUT2D eigenvalue weighted by atomic mass is 10.2. The number of ether oxygens (including phenoxy) is 1. The molecule has 0 bridgehead atoms. The standard InChI is InChI=1S/C13H20ClN3O5/c1-8-7-16(9(18)10(19)17(8)11(14)20)6-5-15-12(21)22-13(2,3)4/h8H,5-7H2,1-4H3,(H,15,21)/t8-/m0/s1. The van der Waals surface area contributed by atoms with Gasteiger partial charge >= 0.3 is 23.3 Å². The van der Waals surface area contributed by atoms with Crippen LogP contribution in [0.3, 0.4) is 0 Å². The maximum atomic E-state index is 11.9. The maximum Gasteiger partial charge on any atom is 0.407 e. The van der Waals surface area contributed by atoms with Crippen LogP contribution in [0.4, 0.5) is 9.59 Å². The van der Waals surface area contributed by atoms with Gasteiger partial charge in [0.1, 0.15) is 5.60 Å². The number of piperazine rings is 1. The normalized spacial score (nSPS) is 19.2. The van der Waals surface area contributed by atoms with Crippen LogP contribution in [0.1, 0.15) is 27.7 Å². The van der Waals surface area contributed by atoms with Gasteiger partial charge in [-0.2, -0.15) is 0 Å². The van der Waals surface area contributed by atoms with Crippen LogP contribution in [0, 0.1) is 0 Å². The minimum atomic E-state index is -0.975. The largest absolute Gasteiger partial charge is 0.444 e. The highest BCUT2D eigenvalue weighted by molar-refractivity contribution is 6.65. The van der Waals surface area contributed by atoms with Crippen LogP contribution in [-0.4, -0.2) is 64.4 Å². The Morgan fingerprint density at radius 2 is 1.91 bits per heavy atom. The summed E-state index contributed by atoms with van der Waals surface area (Å²) in [6.45, 7) is 7.25. The lowest BCUT2D eigenvalue weighted by Gasteiger charge is -2.36. The number of hydrogen-bond acceptors (Lipinski definition) is 5. The molecule has 0 aromatic heterocycles. The summed E-state index contributed by atoms with van der Waals surface area (Å²) in [5.74, 6) is -1.78. The fourth-order valence-electron chi connectivity index (χ4n) is 1.98. The number of hydrogen-bond donors (Lipinski definition) is 1. The summed E-state index contributed by atoms with van der Waals surface area (Å²) in [5, 5.41) is 1.52. The Hall–Kier alpha value is -1.83. The van der Waals surface area contributed by atoms with E-state index in [0.29, 0.717) is 0 Å². The van der Waals surface area contributed by atoms with Gasteiger partial charge in [0.05, 0.1) is 6.04 Å². The average Bonchev–Trinajstić information content (AvgIpc) is 2.32. The van der Waals surface area contributed by atoms with E-state index in [1.807, 2.05) is 0 Å². The molecular weight excluding hydrogens is 314 g/mol. The quantitative estimate of drug-likeness (QED) is 0.471. The van der Waals surface area contributed by atoms with E-state index >= 15 is 0 Å². The molecule has 0 saturated carbocycles. The van der Waals surface area contributed by atoms with Crippen LogP contribution in [0.5, 0.6) is 0 Å². The van der Waals surface area contributed by atoms with Gasteiger partial charge in [-0.25, -0.2) is 4.79 Å². The van der Waals surface area contributed by atoms with Crippen LogP contribution < -0.4 is 5.32 Å². The van der Waals surface area contributed by atoms with Gasteiger partial charge in [0, 0.05) is 19.6 Å². The monoisotopic (exact) mass is 333 g/mol. The summed E-state index contributed by atoms with van der Waals surface area (Å²) in [4.78, 5) is 48.3. The molecule has 4 amide bonds. The van der Waals surface area contributed by atoms with Gasteiger partial charge in [-0.3, -0.25) is 19.3 Å². The molecular formula is C13H20ClN3O5. The van der Waals surface area contributed by atoms with E-state index in [-0.39, 0.29) is 19.6 Å². The highest BCUT2D eigenvalue weighted by Crippen LogP contribution is 2.14. The van der Waals surface area contributed by atoms with Crippen LogP contribution >= 0.6 is 11.6 Å². The summed E-state index contributed by atoms with van der Waals surface area (Å²) < 4.78 is 5.05. The summed E-state index contributed by atoms with van der Waals surface area (Å²) in [5.41, 5.74) is -0.614. The second-order valence-corrected chi connectivity index (χ2v) is 6.28. The Balaban J connectivity index is 2.51. The molecule has 0 spiro atoms. The molecule has 1 heterocycles. The van der Waals surface area contributed by atoms with E-state index in [2.05, 4.69) is 5.32 Å². The van der Waals surface area contributed by atoms with E-state index in [0.717, 1.165) is 4.90 Å². The fraction of sp³-hybridized carbons (Fsp3) is 0.692. The highest BCUT2D eigenvalue weighted by Gasteiger charge is 2.39. The van der Waals surface area contributed by atoms with Crippen molar-refractivity contribution in [1.82, 2.24) is 15.1 Å². The van der Waals surface area contributed by atoms with Crippen LogP contribution in [0.2, 0.25) is 0 Å². The Kier molecular flexibility index (Phi) is 5.76. The summed E-state index contributed by atoms with van der Waals surface area (Å²) in [6.07, 6.45) is -0.603. The molecule has 1 aliphatic rings. The first-order chi connectivity index (χ1) is 10.0. The van der Waals surface area contributed by atoms with Crippen molar-refractivity contribution < 1.29 is 23.9 Å². The molecule has 9 heteroatoms. The molecule has 124 valence electrons. The third kappa shape index (κ3) is 4.87. The average molecular weight is 334 g/mol. The minimum absolute atomic E-state index is 0.134. The molecule has 8 nitrogen and oxygen atoms in total. The molecule has 1 rings (SSSR count). The summed E-state index contributed by atoms with van der Waals surface area (Å²) in [6, 6.07) is -0.517. The lowest BCUT2D eigenvalue weighted by Crippen LogP contribution is -2.60. The SMILES string of the molecule is C[C@H]1CN(CCNC(=O)OC(C)(C)C)C(=O)C(=O)N1C(=O)Cl. The first-order valence-electron chi connectivity index (χ1n) is 6.81. The van der Waals surface area contributed by atoms with E-state index < -0.39 is 34.9 Å². The molecule has 1 saturated heterocycles. The van der Waals surface area contributed by atoms with Crippen molar-refractivity contribution in [1.29, 1.82) is 0 Å². The Bertz CT molecular complexity index is 489. The number of amides is 4. The van der Waals surface area contributed by atoms with Gasteiger partial charge in [0.15, 0.2) is 0 Å². The highest BCUT2D eigenvalue weighted by atomic mass is 35.5. The zero-order valence-corrected chi connectivity index (χ0v) is 13.8. The van der Waals surface area contributed by atoms with Gasteiger partial charge in [-0.05, 0) is 39.3 Å². The first kappa shape index (κ1) is 18.2. The van der Waals surface area contributed by atoms with E-state index in [1.165, 1.54) is 4.90 Å². The fourth-order valence-corrected chi connectivity index (χ4v) is 2.22. The van der Waals surface area contributed by atoms with Gasteiger partial charge in [-0.15, -0.1) is 0 Å². The van der Waals surface area contributed by atoms with Crippen molar-refractivity contribution in [3.8, 4) is 0 Å². The second-order valence-electron chi connectivity index (χ2n) is 5.96. The molecule has 22 heavy (non-hydrogen) atoms. The van der Waals surface area contributed by atoms with E-state index in [1.54, 1.807) is 27.7 Å². The molecule has 0 aliphatic carbocycles. The number of halogens is 1. The molecule has 1 N–H and O–H groups in total. The lowest BCUT2D eigenvalue weighted by molar-refractivity contribution is -0.155. The third-order valence-electron chi connectivity index (χ3n) is 2.85. The van der Waals surface area contributed by atoms with Crippen LogP contribution in [-0.2, 0) is 14.3 Å². The van der Waals surface area contributed by atoms with E-state index in [4.69, 9.17) is 16.3 Å². The number of carbonyl (C=O) groups excluding carboxylic acids is 4. The van der Waals surface area contributed by atoms with Gasteiger partial charge < -0.3 is 15.0 Å².